The molecule has 6 N–H and O–H groups in total. The Balaban J connectivity index is 2.45. The van der Waals surface area contributed by atoms with Crippen molar-refractivity contribution in [2.24, 2.45) is 0 Å². The minimum absolute atomic E-state index is 0.464. The van der Waals surface area contributed by atoms with Crippen molar-refractivity contribution in [2.75, 3.05) is 13.2 Å². The van der Waals surface area contributed by atoms with E-state index in [4.69, 9.17) is 9.47 Å². The second-order valence-corrected chi connectivity index (χ2v) is 7.39. The monoisotopic (exact) mass is 394 g/mol. The maximum atomic E-state index is 10.1. The Labute approximate surface area is 161 Å². The fourth-order valence-corrected chi connectivity index (χ4v) is 3.30. The summed E-state index contributed by atoms with van der Waals surface area (Å²) in [6.07, 6.45) is 0.616. The summed E-state index contributed by atoms with van der Waals surface area (Å²) in [5.74, 6) is 0. The molecule has 0 bridgehead atoms. The van der Waals surface area contributed by atoms with Crippen LogP contribution in [-0.2, 0) is 9.47 Å². The van der Waals surface area contributed by atoms with Crippen LogP contribution in [0.5, 0.6) is 0 Å². The molecule has 1 aliphatic heterocycles. The largest absolute Gasteiger partial charge is 0.394 e. The second-order valence-electron chi connectivity index (χ2n) is 7.39. The summed E-state index contributed by atoms with van der Waals surface area (Å²) in [5.41, 5.74) is 0. The van der Waals surface area contributed by atoms with Gasteiger partial charge in [0, 0.05) is 0 Å². The standard InChI is InChI=1S/C19H38O8/c1-2-3-4-5-6-7-8-9-10-14(13(22)11-20)26-19-18(25)17(24)16(23)15(12-21)27-19/h13-25H,2-12H2,1H3/t13?,14?,15-,16-,17+,18-,19-/m1/s1. The van der Waals surface area contributed by atoms with Crippen LogP contribution in [-0.4, -0.2) is 86.8 Å². The van der Waals surface area contributed by atoms with Crippen molar-refractivity contribution in [3.63, 3.8) is 0 Å². The van der Waals surface area contributed by atoms with E-state index >= 15 is 0 Å². The molecular weight excluding hydrogens is 356 g/mol. The number of aliphatic hydroxyl groups is 6. The summed E-state index contributed by atoms with van der Waals surface area (Å²) >= 11 is 0. The van der Waals surface area contributed by atoms with Crippen LogP contribution in [0.3, 0.4) is 0 Å². The van der Waals surface area contributed by atoms with Crippen LogP contribution < -0.4 is 0 Å². The first-order valence-electron chi connectivity index (χ1n) is 10.2. The molecule has 1 rings (SSSR count). The first-order valence-corrected chi connectivity index (χ1v) is 10.2. The first kappa shape index (κ1) is 24.7. The normalized spacial score (nSPS) is 31.0. The number of hydrogen-bond donors (Lipinski definition) is 6. The molecule has 0 radical (unpaired) electrons. The maximum absolute atomic E-state index is 10.1. The van der Waals surface area contributed by atoms with Crippen LogP contribution in [0, 0.1) is 0 Å². The van der Waals surface area contributed by atoms with E-state index in [-0.39, 0.29) is 0 Å². The minimum Gasteiger partial charge on any atom is -0.394 e. The van der Waals surface area contributed by atoms with Crippen LogP contribution >= 0.6 is 0 Å². The number of rotatable bonds is 14. The third kappa shape index (κ3) is 8.29. The quantitative estimate of drug-likeness (QED) is 0.227. The highest BCUT2D eigenvalue weighted by Gasteiger charge is 2.45. The molecule has 0 aliphatic carbocycles. The Morgan fingerprint density at radius 1 is 0.852 bits per heavy atom. The van der Waals surface area contributed by atoms with Crippen molar-refractivity contribution >= 4 is 0 Å². The number of unbranched alkanes of at least 4 members (excludes halogenated alkanes) is 7. The molecule has 0 amide bonds. The summed E-state index contributed by atoms with van der Waals surface area (Å²) < 4.78 is 10.9. The summed E-state index contributed by atoms with van der Waals surface area (Å²) in [5, 5.41) is 58.2. The Hall–Kier alpha value is -0.320. The highest BCUT2D eigenvalue weighted by Crippen LogP contribution is 2.25. The van der Waals surface area contributed by atoms with E-state index in [1.165, 1.54) is 32.1 Å². The van der Waals surface area contributed by atoms with E-state index in [0.29, 0.717) is 6.42 Å². The van der Waals surface area contributed by atoms with Gasteiger partial charge in [0.15, 0.2) is 6.29 Å². The van der Waals surface area contributed by atoms with Gasteiger partial charge in [0.1, 0.15) is 30.5 Å². The molecule has 0 spiro atoms. The summed E-state index contributed by atoms with van der Waals surface area (Å²) in [6.45, 7) is 1.14. The molecule has 1 heterocycles. The molecule has 2 unspecified atom stereocenters. The summed E-state index contributed by atoms with van der Waals surface area (Å²) in [7, 11) is 0. The first-order chi connectivity index (χ1) is 13.0. The predicted octanol–water partition coefficient (Wildman–Crippen LogP) is 0.0555. The van der Waals surface area contributed by atoms with Crippen molar-refractivity contribution in [3.05, 3.63) is 0 Å². The summed E-state index contributed by atoms with van der Waals surface area (Å²) in [4.78, 5) is 0. The SMILES string of the molecule is CCCCCCCCCCC(O[C@@H]1O[C@H](CO)[C@@H](O)[C@H](O)[C@H]1O)C(O)CO. The van der Waals surface area contributed by atoms with Gasteiger partial charge < -0.3 is 40.1 Å². The minimum atomic E-state index is -1.53. The molecule has 7 atom stereocenters. The fourth-order valence-electron chi connectivity index (χ4n) is 3.30. The van der Waals surface area contributed by atoms with E-state index < -0.39 is 56.1 Å². The van der Waals surface area contributed by atoms with Crippen molar-refractivity contribution < 1.29 is 40.1 Å². The predicted molar refractivity (Wildman–Crippen MR) is 99.0 cm³/mol. The lowest BCUT2D eigenvalue weighted by atomic mass is 9.99. The van der Waals surface area contributed by atoms with Crippen LogP contribution in [0.15, 0.2) is 0 Å². The van der Waals surface area contributed by atoms with Gasteiger partial charge >= 0.3 is 0 Å². The molecule has 8 nitrogen and oxygen atoms in total. The smallest absolute Gasteiger partial charge is 0.187 e. The van der Waals surface area contributed by atoms with E-state index in [0.717, 1.165) is 19.3 Å². The molecule has 0 saturated carbocycles. The van der Waals surface area contributed by atoms with Crippen molar-refractivity contribution in [2.45, 2.75) is 108 Å². The zero-order chi connectivity index (χ0) is 20.2. The molecule has 1 aliphatic rings. The van der Waals surface area contributed by atoms with Gasteiger partial charge in [-0.1, -0.05) is 58.3 Å². The molecule has 1 fully saturated rings. The molecule has 0 aromatic rings. The Bertz CT molecular complexity index is 368. The Morgan fingerprint density at radius 2 is 1.44 bits per heavy atom. The lowest BCUT2D eigenvalue weighted by molar-refractivity contribution is -0.318. The van der Waals surface area contributed by atoms with E-state index in [1.54, 1.807) is 0 Å². The van der Waals surface area contributed by atoms with E-state index in [1.807, 2.05) is 0 Å². The average Bonchev–Trinajstić information content (AvgIpc) is 2.68. The van der Waals surface area contributed by atoms with Crippen molar-refractivity contribution in [1.29, 1.82) is 0 Å². The van der Waals surface area contributed by atoms with E-state index in [2.05, 4.69) is 6.92 Å². The molecule has 0 aromatic heterocycles. The van der Waals surface area contributed by atoms with Gasteiger partial charge in [-0.2, -0.15) is 0 Å². The molecule has 8 heteroatoms. The highest BCUT2D eigenvalue weighted by molar-refractivity contribution is 4.89. The highest BCUT2D eigenvalue weighted by atomic mass is 16.7. The Morgan fingerprint density at radius 3 is 2.00 bits per heavy atom. The van der Waals surface area contributed by atoms with Gasteiger partial charge in [-0.3, -0.25) is 0 Å². The molecule has 1 saturated heterocycles. The van der Waals surface area contributed by atoms with E-state index in [9.17, 15) is 30.6 Å². The lowest BCUT2D eigenvalue weighted by Crippen LogP contribution is -2.60. The number of hydrogen-bond acceptors (Lipinski definition) is 8. The number of aliphatic hydroxyl groups excluding tert-OH is 6. The second kappa shape index (κ2) is 13.8. The molecule has 162 valence electrons. The lowest BCUT2D eigenvalue weighted by Gasteiger charge is -2.41. The van der Waals surface area contributed by atoms with Crippen molar-refractivity contribution in [1.82, 2.24) is 0 Å². The third-order valence-corrected chi connectivity index (χ3v) is 5.12. The van der Waals surface area contributed by atoms with Crippen LogP contribution in [0.1, 0.15) is 64.7 Å². The van der Waals surface area contributed by atoms with Gasteiger partial charge in [-0.15, -0.1) is 0 Å². The van der Waals surface area contributed by atoms with Gasteiger partial charge in [0.25, 0.3) is 0 Å². The molecule has 0 aromatic carbocycles. The topological polar surface area (TPSA) is 140 Å². The van der Waals surface area contributed by atoms with Gasteiger partial charge in [-0.25, -0.2) is 0 Å². The van der Waals surface area contributed by atoms with Crippen LogP contribution in [0.4, 0.5) is 0 Å². The van der Waals surface area contributed by atoms with Gasteiger partial charge in [0.05, 0.1) is 19.3 Å². The van der Waals surface area contributed by atoms with Gasteiger partial charge in [0.2, 0.25) is 0 Å². The molecule has 27 heavy (non-hydrogen) atoms. The summed E-state index contributed by atoms with van der Waals surface area (Å²) in [6, 6.07) is 0. The molecular formula is C19H38O8. The van der Waals surface area contributed by atoms with Crippen LogP contribution in [0.25, 0.3) is 0 Å². The fraction of sp³-hybridized carbons (Fsp3) is 1.00. The third-order valence-electron chi connectivity index (χ3n) is 5.12. The average molecular weight is 395 g/mol. The zero-order valence-corrected chi connectivity index (χ0v) is 16.3. The maximum Gasteiger partial charge on any atom is 0.187 e. The zero-order valence-electron chi connectivity index (χ0n) is 16.3. The van der Waals surface area contributed by atoms with Gasteiger partial charge in [-0.05, 0) is 6.42 Å². The van der Waals surface area contributed by atoms with Crippen LogP contribution in [0.2, 0.25) is 0 Å². The Kier molecular flexibility index (Phi) is 12.6. The van der Waals surface area contributed by atoms with Crippen molar-refractivity contribution in [3.8, 4) is 0 Å². The number of ether oxygens (including phenoxy) is 2.